The van der Waals surface area contributed by atoms with E-state index in [4.69, 9.17) is 4.74 Å². The highest BCUT2D eigenvalue weighted by Crippen LogP contribution is 2.75. The van der Waals surface area contributed by atoms with Crippen LogP contribution in [-0.2, 0) is 14.3 Å². The third-order valence-electron chi connectivity index (χ3n) is 14.7. The standard InChI is InChI=1S/C39H54O6/c1-34(2)19-21-39(33(43)44)22-20-37(5)27(28(39)23-34)12-13-30-35(3)17-16-31(41)36(4,29(35)15-18-38(30,37)6)24-45-32(42)14-9-25-7-10-26(40)11-8-25/h7-12,14,28-31,40-41H,13,15-24H2,1-6H3,(H,43,44)/t28-,29+,30+,31-,35-,36+,37+,38-,39+/m1/s1. The minimum Gasteiger partial charge on any atom is -0.508 e. The maximum Gasteiger partial charge on any atom is 0.330 e. The van der Waals surface area contributed by atoms with Crippen molar-refractivity contribution >= 4 is 18.0 Å². The van der Waals surface area contributed by atoms with Gasteiger partial charge in [0.05, 0.1) is 18.1 Å². The average molecular weight is 619 g/mol. The third-order valence-corrected chi connectivity index (χ3v) is 14.7. The molecule has 0 bridgehead atoms. The van der Waals surface area contributed by atoms with E-state index in [0.29, 0.717) is 12.3 Å². The normalized spacial score (nSPS) is 43.7. The molecule has 0 radical (unpaired) electrons. The number of aromatic hydroxyl groups is 1. The molecule has 0 amide bonds. The van der Waals surface area contributed by atoms with Crippen molar-refractivity contribution in [2.24, 2.45) is 50.2 Å². The number of aliphatic carboxylic acids is 1. The topological polar surface area (TPSA) is 104 Å². The Morgan fingerprint density at radius 2 is 1.60 bits per heavy atom. The van der Waals surface area contributed by atoms with Crippen LogP contribution in [0.4, 0.5) is 0 Å². The zero-order valence-electron chi connectivity index (χ0n) is 28.2. The van der Waals surface area contributed by atoms with Gasteiger partial charge in [0.15, 0.2) is 0 Å². The average Bonchev–Trinajstić information content (AvgIpc) is 2.98. The molecular formula is C39H54O6. The Morgan fingerprint density at radius 1 is 0.911 bits per heavy atom. The Hall–Kier alpha value is -2.60. The molecule has 6 heteroatoms. The zero-order valence-corrected chi connectivity index (χ0v) is 28.2. The third kappa shape index (κ3) is 4.83. The summed E-state index contributed by atoms with van der Waals surface area (Å²) in [6.07, 6.45) is 14.0. The summed E-state index contributed by atoms with van der Waals surface area (Å²) >= 11 is 0. The molecule has 45 heavy (non-hydrogen) atoms. The number of aliphatic hydroxyl groups is 1. The highest BCUT2D eigenvalue weighted by molar-refractivity contribution is 5.87. The van der Waals surface area contributed by atoms with Gasteiger partial charge < -0.3 is 20.1 Å². The van der Waals surface area contributed by atoms with Crippen LogP contribution in [0, 0.1) is 50.2 Å². The van der Waals surface area contributed by atoms with Crippen LogP contribution in [0.25, 0.3) is 6.08 Å². The van der Waals surface area contributed by atoms with E-state index in [2.05, 4.69) is 47.6 Å². The van der Waals surface area contributed by atoms with Gasteiger partial charge in [-0.1, -0.05) is 65.3 Å². The Kier molecular flexibility index (Phi) is 7.70. The highest BCUT2D eigenvalue weighted by Gasteiger charge is 2.69. The van der Waals surface area contributed by atoms with Crippen LogP contribution in [0.2, 0.25) is 0 Å². The number of aliphatic hydroxyl groups excluding tert-OH is 1. The van der Waals surface area contributed by atoms with Crippen LogP contribution in [0.15, 0.2) is 42.0 Å². The lowest BCUT2D eigenvalue weighted by atomic mass is 9.33. The first-order valence-corrected chi connectivity index (χ1v) is 17.3. The van der Waals surface area contributed by atoms with Crippen molar-refractivity contribution in [3.05, 3.63) is 47.6 Å². The lowest BCUT2D eigenvalue weighted by Gasteiger charge is -2.71. The van der Waals surface area contributed by atoms with Gasteiger partial charge in [0, 0.05) is 11.5 Å². The number of allylic oxidation sites excluding steroid dienone is 2. The number of carbonyl (C=O) groups excluding carboxylic acids is 1. The molecule has 3 N–H and O–H groups in total. The minimum atomic E-state index is -0.640. The van der Waals surface area contributed by atoms with Gasteiger partial charge in [-0.25, -0.2) is 4.79 Å². The first-order valence-electron chi connectivity index (χ1n) is 17.3. The molecule has 246 valence electrons. The van der Waals surface area contributed by atoms with Gasteiger partial charge in [-0.15, -0.1) is 0 Å². The molecule has 5 aliphatic carbocycles. The maximum absolute atomic E-state index is 12.9. The van der Waals surface area contributed by atoms with Crippen molar-refractivity contribution in [1.29, 1.82) is 0 Å². The second kappa shape index (κ2) is 10.7. The molecule has 6 rings (SSSR count). The number of hydrogen-bond acceptors (Lipinski definition) is 5. The number of fused-ring (bicyclic) bond motifs is 7. The Balaban J connectivity index is 1.27. The second-order valence-electron chi connectivity index (χ2n) is 17.3. The summed E-state index contributed by atoms with van der Waals surface area (Å²) in [6, 6.07) is 6.64. The minimum absolute atomic E-state index is 0.0291. The van der Waals surface area contributed by atoms with Crippen LogP contribution in [0.1, 0.15) is 111 Å². The monoisotopic (exact) mass is 618 g/mol. The van der Waals surface area contributed by atoms with Crippen molar-refractivity contribution in [2.75, 3.05) is 6.61 Å². The number of rotatable bonds is 5. The smallest absolute Gasteiger partial charge is 0.330 e. The van der Waals surface area contributed by atoms with Gasteiger partial charge in [-0.3, -0.25) is 4.79 Å². The predicted molar refractivity (Wildman–Crippen MR) is 175 cm³/mol. The van der Waals surface area contributed by atoms with E-state index in [0.717, 1.165) is 63.4 Å². The lowest BCUT2D eigenvalue weighted by Crippen LogP contribution is -2.66. The number of hydrogen-bond donors (Lipinski definition) is 3. The molecule has 5 aliphatic rings. The number of phenolic OH excluding ortho intramolecular Hbond substituents is 1. The summed E-state index contributed by atoms with van der Waals surface area (Å²) < 4.78 is 5.87. The van der Waals surface area contributed by atoms with Gasteiger partial charge in [-0.2, -0.15) is 0 Å². The first-order chi connectivity index (χ1) is 21.0. The largest absolute Gasteiger partial charge is 0.508 e. The van der Waals surface area contributed by atoms with Gasteiger partial charge in [0.1, 0.15) is 5.75 Å². The van der Waals surface area contributed by atoms with Crippen LogP contribution in [0.5, 0.6) is 5.75 Å². The van der Waals surface area contributed by atoms with Gasteiger partial charge >= 0.3 is 11.9 Å². The number of carbonyl (C=O) groups is 2. The van der Waals surface area contributed by atoms with E-state index in [9.17, 15) is 24.9 Å². The first kappa shape index (κ1) is 32.3. The molecule has 0 aromatic heterocycles. The van der Waals surface area contributed by atoms with Crippen LogP contribution in [0.3, 0.4) is 0 Å². The zero-order chi connectivity index (χ0) is 32.6. The summed E-state index contributed by atoms with van der Waals surface area (Å²) in [5, 5.41) is 31.6. The van der Waals surface area contributed by atoms with E-state index in [1.807, 2.05) is 0 Å². The molecular weight excluding hydrogens is 564 g/mol. The fourth-order valence-corrected chi connectivity index (χ4v) is 11.7. The number of carboxylic acid groups (broad SMARTS) is 1. The number of carboxylic acids is 1. The molecule has 0 aliphatic heterocycles. The molecule has 6 nitrogen and oxygen atoms in total. The summed E-state index contributed by atoms with van der Waals surface area (Å²) in [7, 11) is 0. The van der Waals surface area contributed by atoms with E-state index < -0.39 is 28.9 Å². The quantitative estimate of drug-likeness (QED) is 0.175. The van der Waals surface area contributed by atoms with E-state index in [-0.39, 0.29) is 45.9 Å². The lowest BCUT2D eigenvalue weighted by molar-refractivity contribution is -0.219. The molecule has 1 aromatic rings. The summed E-state index contributed by atoms with van der Waals surface area (Å²) in [6.45, 7) is 14.3. The molecule has 0 spiro atoms. The van der Waals surface area contributed by atoms with Gasteiger partial charge in [0.2, 0.25) is 0 Å². The van der Waals surface area contributed by atoms with Crippen molar-refractivity contribution in [1.82, 2.24) is 0 Å². The summed E-state index contributed by atoms with van der Waals surface area (Å²) in [5.41, 5.74) is 1.11. The van der Waals surface area contributed by atoms with Crippen molar-refractivity contribution in [3.63, 3.8) is 0 Å². The fourth-order valence-electron chi connectivity index (χ4n) is 11.7. The Bertz CT molecular complexity index is 1410. The van der Waals surface area contributed by atoms with Crippen molar-refractivity contribution < 1.29 is 29.6 Å². The SMILES string of the molecule is CC1(C)CC[C@]2(C(=O)O)CC[C@@]3(C)C(=CC[C@H]4[C@]5(C)CC[C@@H](O)[C@@](C)(COC(=O)C=Cc6ccc(O)cc6)[C@H]5CC[C@]43C)[C@H]2C1. The van der Waals surface area contributed by atoms with Gasteiger partial charge in [-0.05, 0) is 127 Å². The van der Waals surface area contributed by atoms with Crippen molar-refractivity contribution in [3.8, 4) is 5.75 Å². The fraction of sp³-hybridized carbons (Fsp3) is 0.692. The molecule has 0 heterocycles. The summed E-state index contributed by atoms with van der Waals surface area (Å²) in [5.74, 6) is -0.152. The predicted octanol–water partition coefficient (Wildman–Crippen LogP) is 8.18. The second-order valence-corrected chi connectivity index (χ2v) is 17.3. The van der Waals surface area contributed by atoms with Crippen LogP contribution >= 0.6 is 0 Å². The van der Waals surface area contributed by atoms with E-state index in [1.54, 1.807) is 30.3 Å². The van der Waals surface area contributed by atoms with Gasteiger partial charge in [0.25, 0.3) is 0 Å². The van der Waals surface area contributed by atoms with E-state index >= 15 is 0 Å². The number of ether oxygens (including phenoxy) is 1. The number of esters is 1. The highest BCUT2D eigenvalue weighted by atomic mass is 16.5. The molecule has 4 saturated carbocycles. The van der Waals surface area contributed by atoms with Crippen LogP contribution in [-0.4, -0.2) is 40.0 Å². The Labute approximate surface area is 269 Å². The Morgan fingerprint density at radius 3 is 2.29 bits per heavy atom. The van der Waals surface area contributed by atoms with Crippen LogP contribution < -0.4 is 0 Å². The molecule has 0 unspecified atom stereocenters. The van der Waals surface area contributed by atoms with E-state index in [1.165, 1.54) is 11.6 Å². The number of benzene rings is 1. The summed E-state index contributed by atoms with van der Waals surface area (Å²) in [4.78, 5) is 25.8. The maximum atomic E-state index is 12.9. The molecule has 0 saturated heterocycles. The molecule has 1 aromatic carbocycles. The van der Waals surface area contributed by atoms with Crippen molar-refractivity contribution in [2.45, 2.75) is 112 Å². The molecule has 4 fully saturated rings. The number of phenols is 1. The molecule has 9 atom stereocenters.